The summed E-state index contributed by atoms with van der Waals surface area (Å²) in [6.45, 7) is 7.87. The number of likely N-dealkylation sites (N-methyl/N-ethyl adjacent to an activating group) is 1. The van der Waals surface area contributed by atoms with Gasteiger partial charge in [-0.1, -0.05) is 24.3 Å². The maximum Gasteiger partial charge on any atom is 0.354 e. The van der Waals surface area contributed by atoms with Crippen molar-refractivity contribution in [3.8, 4) is 0 Å². The zero-order valence-electron chi connectivity index (χ0n) is 17.9. The highest BCUT2D eigenvalue weighted by Crippen LogP contribution is 2.49. The van der Waals surface area contributed by atoms with Crippen LogP contribution in [0.15, 0.2) is 36.4 Å². The second-order valence-electron chi connectivity index (χ2n) is 8.41. The van der Waals surface area contributed by atoms with Crippen LogP contribution in [-0.4, -0.2) is 64.9 Å². The lowest BCUT2D eigenvalue weighted by Crippen LogP contribution is -2.69. The van der Waals surface area contributed by atoms with Crippen LogP contribution in [0.1, 0.15) is 49.9 Å². The minimum atomic E-state index is -1.53. The van der Waals surface area contributed by atoms with Crippen LogP contribution < -0.4 is 4.90 Å². The maximum absolute atomic E-state index is 13.5. The molecule has 1 aromatic rings. The van der Waals surface area contributed by atoms with Crippen LogP contribution in [0.4, 0.5) is 5.69 Å². The molecule has 0 bridgehead atoms. The summed E-state index contributed by atoms with van der Waals surface area (Å²) in [5.41, 5.74) is 0.118. The highest BCUT2D eigenvalue weighted by atomic mass is 16.5. The van der Waals surface area contributed by atoms with E-state index < -0.39 is 18.2 Å². The number of nitrogens with zero attached hydrogens (tertiary/aromatic N) is 3. The van der Waals surface area contributed by atoms with Crippen molar-refractivity contribution < 1.29 is 23.9 Å². The first-order chi connectivity index (χ1) is 14.8. The topological polar surface area (TPSA) is 87.2 Å². The summed E-state index contributed by atoms with van der Waals surface area (Å²) >= 11 is 0. The summed E-state index contributed by atoms with van der Waals surface area (Å²) < 4.78 is 5.48. The van der Waals surface area contributed by atoms with E-state index in [1.54, 1.807) is 29.2 Å². The lowest BCUT2D eigenvalue weighted by atomic mass is 9.96. The summed E-state index contributed by atoms with van der Waals surface area (Å²) in [5.74, 6) is -1.57. The number of carbonyl (C=O) groups is 4. The van der Waals surface area contributed by atoms with Crippen molar-refractivity contribution >= 4 is 29.4 Å². The zero-order chi connectivity index (χ0) is 22.3. The fraction of sp³-hybridized carbons (Fsp3) is 0.478. The molecule has 4 rings (SSSR count). The second-order valence-corrected chi connectivity index (χ2v) is 8.41. The second kappa shape index (κ2) is 7.83. The summed E-state index contributed by atoms with van der Waals surface area (Å²) in [4.78, 5) is 56.8. The van der Waals surface area contributed by atoms with Gasteiger partial charge in [0.2, 0.25) is 11.6 Å². The number of para-hydroxylation sites is 1. The Bertz CT molecular complexity index is 970. The van der Waals surface area contributed by atoms with Gasteiger partial charge in [-0.3, -0.25) is 19.3 Å². The van der Waals surface area contributed by atoms with Crippen molar-refractivity contribution in [3.63, 3.8) is 0 Å². The van der Waals surface area contributed by atoms with Gasteiger partial charge in [0.05, 0.1) is 11.3 Å². The molecule has 0 radical (unpaired) electrons. The molecule has 2 fully saturated rings. The number of fused-ring (bicyclic) bond motifs is 3. The zero-order valence-corrected chi connectivity index (χ0v) is 17.9. The van der Waals surface area contributed by atoms with Crippen molar-refractivity contribution in [2.24, 2.45) is 0 Å². The number of ether oxygens (including phenoxy) is 1. The molecule has 1 aromatic carbocycles. The number of amides is 3. The molecule has 1 atom stereocenters. The van der Waals surface area contributed by atoms with E-state index >= 15 is 0 Å². The van der Waals surface area contributed by atoms with E-state index in [0.717, 1.165) is 18.4 Å². The molecule has 0 aromatic heterocycles. The quantitative estimate of drug-likeness (QED) is 0.493. The van der Waals surface area contributed by atoms with E-state index in [1.165, 1.54) is 9.80 Å². The lowest BCUT2D eigenvalue weighted by Gasteiger charge is -2.48. The van der Waals surface area contributed by atoms with E-state index in [4.69, 9.17) is 4.74 Å². The minimum Gasteiger partial charge on any atom is -0.452 e. The molecule has 2 heterocycles. The first-order valence-corrected chi connectivity index (χ1v) is 10.7. The number of anilines is 1. The predicted octanol–water partition coefficient (Wildman–Crippen LogP) is 2.10. The Labute approximate surface area is 181 Å². The van der Waals surface area contributed by atoms with Gasteiger partial charge in [0.1, 0.15) is 0 Å². The first-order valence-electron chi connectivity index (χ1n) is 10.7. The molecule has 0 spiro atoms. The Hall–Kier alpha value is -3.16. The molecule has 1 saturated carbocycles. The van der Waals surface area contributed by atoms with E-state index in [2.05, 4.69) is 6.58 Å². The Balaban J connectivity index is 1.65. The smallest absolute Gasteiger partial charge is 0.354 e. The van der Waals surface area contributed by atoms with Gasteiger partial charge >= 0.3 is 5.97 Å². The minimum absolute atomic E-state index is 0.118. The van der Waals surface area contributed by atoms with Crippen LogP contribution in [0.3, 0.4) is 0 Å². The molecule has 8 heteroatoms. The van der Waals surface area contributed by atoms with Gasteiger partial charge in [-0.2, -0.15) is 0 Å². The molecule has 3 amide bonds. The lowest BCUT2D eigenvalue weighted by molar-refractivity contribution is -0.162. The summed E-state index contributed by atoms with van der Waals surface area (Å²) in [6.07, 6.45) is 1.82. The van der Waals surface area contributed by atoms with E-state index in [0.29, 0.717) is 24.3 Å². The average molecular weight is 425 g/mol. The largest absolute Gasteiger partial charge is 0.452 e. The van der Waals surface area contributed by atoms with Crippen LogP contribution in [0, 0.1) is 0 Å². The van der Waals surface area contributed by atoms with Crippen molar-refractivity contribution in [1.82, 2.24) is 9.80 Å². The molecule has 0 N–H and O–H groups in total. The third kappa shape index (κ3) is 3.40. The third-order valence-electron chi connectivity index (χ3n) is 6.06. The molecular formula is C23H27N3O5. The molecule has 1 saturated heterocycles. The molecule has 1 aliphatic carbocycles. The van der Waals surface area contributed by atoms with Gasteiger partial charge in [-0.05, 0) is 38.8 Å². The van der Waals surface area contributed by atoms with Crippen LogP contribution in [0.5, 0.6) is 0 Å². The summed E-state index contributed by atoms with van der Waals surface area (Å²) in [5, 5.41) is 0. The average Bonchev–Trinajstić information content (AvgIpc) is 3.52. The van der Waals surface area contributed by atoms with Crippen LogP contribution >= 0.6 is 0 Å². The molecular weight excluding hydrogens is 398 g/mol. The molecule has 0 unspecified atom stereocenters. The van der Waals surface area contributed by atoms with Gasteiger partial charge in [0.25, 0.3) is 11.8 Å². The van der Waals surface area contributed by atoms with E-state index in [9.17, 15) is 19.2 Å². The number of benzene rings is 1. The van der Waals surface area contributed by atoms with E-state index in [1.807, 2.05) is 13.8 Å². The Morgan fingerprint density at radius 3 is 2.61 bits per heavy atom. The first kappa shape index (κ1) is 21.1. The van der Waals surface area contributed by atoms with Crippen molar-refractivity contribution in [1.29, 1.82) is 0 Å². The van der Waals surface area contributed by atoms with Gasteiger partial charge < -0.3 is 14.5 Å². The Morgan fingerprint density at radius 2 is 1.97 bits per heavy atom. The standard InChI is InChI=1S/C23H27N3O5/c1-4-24(13-15(2)3)20(28)14-31-22(30)23-12-11-19(27)26(23)18-8-6-5-7-17(18)21(29)25(23)16-9-10-16/h5-8,16H,2,4,9-14H2,1,3H3/t23-/m1/s1. The number of rotatable bonds is 7. The Morgan fingerprint density at radius 1 is 1.26 bits per heavy atom. The Kier molecular flexibility index (Phi) is 5.33. The number of carbonyl (C=O) groups excluding carboxylic acids is 4. The van der Waals surface area contributed by atoms with Crippen molar-refractivity contribution in [2.75, 3.05) is 24.6 Å². The van der Waals surface area contributed by atoms with E-state index in [-0.39, 0.29) is 36.6 Å². The molecule has 2 aliphatic heterocycles. The maximum atomic E-state index is 13.5. The highest BCUT2D eigenvalue weighted by molar-refractivity contribution is 6.15. The van der Waals surface area contributed by atoms with Crippen molar-refractivity contribution in [2.45, 2.75) is 51.2 Å². The SMILES string of the molecule is C=C(C)CN(CC)C(=O)COC(=O)[C@@]12CCC(=O)N1c1ccccc1C(=O)N2C1CC1. The summed E-state index contributed by atoms with van der Waals surface area (Å²) in [6, 6.07) is 6.72. The normalized spacial score (nSPS) is 22.1. The number of hydrogen-bond acceptors (Lipinski definition) is 5. The molecule has 8 nitrogen and oxygen atoms in total. The van der Waals surface area contributed by atoms with Gasteiger partial charge in [-0.15, -0.1) is 0 Å². The summed E-state index contributed by atoms with van der Waals surface area (Å²) in [7, 11) is 0. The highest BCUT2D eigenvalue weighted by Gasteiger charge is 2.64. The third-order valence-corrected chi connectivity index (χ3v) is 6.06. The van der Waals surface area contributed by atoms with Gasteiger partial charge in [0, 0.05) is 32.0 Å². The fourth-order valence-corrected chi connectivity index (χ4v) is 4.55. The van der Waals surface area contributed by atoms with Crippen LogP contribution in [0.25, 0.3) is 0 Å². The fourth-order valence-electron chi connectivity index (χ4n) is 4.55. The molecule has 31 heavy (non-hydrogen) atoms. The van der Waals surface area contributed by atoms with Crippen LogP contribution in [0.2, 0.25) is 0 Å². The van der Waals surface area contributed by atoms with Crippen molar-refractivity contribution in [3.05, 3.63) is 42.0 Å². The van der Waals surface area contributed by atoms with Crippen LogP contribution in [-0.2, 0) is 19.1 Å². The van der Waals surface area contributed by atoms with Gasteiger partial charge in [-0.25, -0.2) is 4.79 Å². The number of hydrogen-bond donors (Lipinski definition) is 0. The monoisotopic (exact) mass is 425 g/mol. The molecule has 164 valence electrons. The van der Waals surface area contributed by atoms with Gasteiger partial charge in [0.15, 0.2) is 6.61 Å². The predicted molar refractivity (Wildman–Crippen MR) is 113 cm³/mol. The number of esters is 1. The molecule has 3 aliphatic rings.